The number of aryl methyl sites for hydroxylation is 1. The highest BCUT2D eigenvalue weighted by atomic mass is 32.2. The Morgan fingerprint density at radius 1 is 1.35 bits per heavy atom. The largest absolute Gasteiger partial charge is 0.393 e. The molecule has 2 aromatic rings. The van der Waals surface area contributed by atoms with Gasteiger partial charge < -0.3 is 10.1 Å². The Balaban J connectivity index is 1.83. The molecule has 0 saturated carbocycles. The fraction of sp³-hybridized carbons (Fsp3) is 0.526. The maximum Gasteiger partial charge on any atom is 0.151 e. The van der Waals surface area contributed by atoms with Gasteiger partial charge in [0.05, 0.1) is 29.3 Å². The van der Waals surface area contributed by atoms with E-state index < -0.39 is 21.2 Å². The van der Waals surface area contributed by atoms with Gasteiger partial charge in [0.1, 0.15) is 5.82 Å². The fourth-order valence-electron chi connectivity index (χ4n) is 3.35. The maximum atomic E-state index is 11.8. The molecule has 1 aromatic carbocycles. The molecular formula is C19H27N3O3S. The third kappa shape index (κ3) is 4.34. The van der Waals surface area contributed by atoms with Crippen LogP contribution in [0, 0.1) is 6.92 Å². The maximum absolute atomic E-state index is 11.8. The molecule has 0 spiro atoms. The number of nitrogens with zero attached hydrogens (tertiary/aromatic N) is 2. The van der Waals surface area contributed by atoms with Crippen LogP contribution in [0.2, 0.25) is 0 Å². The lowest BCUT2D eigenvalue weighted by atomic mass is 9.98. The molecule has 0 bridgehead atoms. The Hall–Kier alpha value is -1.70. The second-order valence-electron chi connectivity index (χ2n) is 7.38. The van der Waals surface area contributed by atoms with Crippen LogP contribution in [0.15, 0.2) is 30.5 Å². The van der Waals surface area contributed by atoms with Crippen LogP contribution in [0.25, 0.3) is 11.3 Å². The number of benzene rings is 1. The van der Waals surface area contributed by atoms with Crippen molar-refractivity contribution in [3.63, 3.8) is 0 Å². The van der Waals surface area contributed by atoms with E-state index in [1.165, 1.54) is 11.8 Å². The van der Waals surface area contributed by atoms with Crippen LogP contribution in [0.4, 0.5) is 0 Å². The second-order valence-corrected chi connectivity index (χ2v) is 9.84. The van der Waals surface area contributed by atoms with E-state index in [4.69, 9.17) is 0 Å². The number of hydrogen-bond acceptors (Lipinski definition) is 5. The van der Waals surface area contributed by atoms with E-state index in [2.05, 4.69) is 27.0 Å². The van der Waals surface area contributed by atoms with Gasteiger partial charge in [0.15, 0.2) is 9.84 Å². The minimum atomic E-state index is -3.10. The molecule has 0 amide bonds. The van der Waals surface area contributed by atoms with Gasteiger partial charge in [-0.2, -0.15) is 0 Å². The topological polar surface area (TPSA) is 86.3 Å². The van der Waals surface area contributed by atoms with E-state index in [1.807, 2.05) is 19.1 Å². The molecule has 3 atom stereocenters. The summed E-state index contributed by atoms with van der Waals surface area (Å²) in [6, 6.07) is 8.10. The molecule has 3 rings (SSSR count). The SMILES string of the molecule is Cc1ccc(-c2cnc(C3CC(O)CCN3CC(C)S(C)(=O)=O)[nH]2)cc1. The highest BCUT2D eigenvalue weighted by molar-refractivity contribution is 7.91. The van der Waals surface area contributed by atoms with Gasteiger partial charge in [-0.05, 0) is 32.3 Å². The van der Waals surface area contributed by atoms with Gasteiger partial charge in [0, 0.05) is 19.3 Å². The summed E-state index contributed by atoms with van der Waals surface area (Å²) in [5, 5.41) is 9.67. The summed E-state index contributed by atoms with van der Waals surface area (Å²) < 4.78 is 23.7. The Bertz CT molecular complexity index is 845. The van der Waals surface area contributed by atoms with Gasteiger partial charge in [0.25, 0.3) is 0 Å². The van der Waals surface area contributed by atoms with E-state index in [-0.39, 0.29) is 6.04 Å². The van der Waals surface area contributed by atoms with Crippen LogP contribution >= 0.6 is 0 Å². The molecule has 142 valence electrons. The summed E-state index contributed by atoms with van der Waals surface area (Å²) in [5.41, 5.74) is 3.18. The zero-order valence-corrected chi connectivity index (χ0v) is 16.3. The Kier molecular flexibility index (Phi) is 5.50. The number of aromatic nitrogens is 2. The number of aromatic amines is 1. The number of aliphatic hydroxyl groups is 1. The third-order valence-electron chi connectivity index (χ3n) is 5.18. The zero-order chi connectivity index (χ0) is 18.9. The molecule has 6 nitrogen and oxygen atoms in total. The molecule has 2 N–H and O–H groups in total. The molecular weight excluding hydrogens is 350 g/mol. The van der Waals surface area contributed by atoms with Crippen LogP contribution in [-0.4, -0.2) is 59.1 Å². The molecule has 1 aliphatic rings. The first-order valence-electron chi connectivity index (χ1n) is 8.97. The summed E-state index contributed by atoms with van der Waals surface area (Å²) >= 11 is 0. The number of H-pyrrole nitrogens is 1. The van der Waals surface area contributed by atoms with E-state index in [9.17, 15) is 13.5 Å². The van der Waals surface area contributed by atoms with Crippen LogP contribution in [0.5, 0.6) is 0 Å². The predicted molar refractivity (Wildman–Crippen MR) is 103 cm³/mol. The number of rotatable bonds is 5. The highest BCUT2D eigenvalue weighted by Gasteiger charge is 2.33. The van der Waals surface area contributed by atoms with Crippen molar-refractivity contribution in [2.75, 3.05) is 19.3 Å². The van der Waals surface area contributed by atoms with Gasteiger partial charge in [-0.3, -0.25) is 4.90 Å². The molecule has 1 saturated heterocycles. The van der Waals surface area contributed by atoms with Gasteiger partial charge in [-0.1, -0.05) is 29.8 Å². The third-order valence-corrected chi connectivity index (χ3v) is 6.79. The minimum absolute atomic E-state index is 0.109. The number of aliphatic hydroxyl groups excluding tert-OH is 1. The number of piperidine rings is 1. The number of imidazole rings is 1. The first-order valence-corrected chi connectivity index (χ1v) is 10.9. The monoisotopic (exact) mass is 377 g/mol. The Morgan fingerprint density at radius 3 is 2.69 bits per heavy atom. The van der Waals surface area contributed by atoms with Crippen molar-refractivity contribution in [1.82, 2.24) is 14.9 Å². The summed E-state index contributed by atoms with van der Waals surface area (Å²) in [6.07, 6.45) is 3.89. The Morgan fingerprint density at radius 2 is 2.04 bits per heavy atom. The van der Waals surface area contributed by atoms with Crippen LogP contribution < -0.4 is 0 Å². The van der Waals surface area contributed by atoms with Crippen molar-refractivity contribution >= 4 is 9.84 Å². The lowest BCUT2D eigenvalue weighted by molar-refractivity contribution is 0.0383. The predicted octanol–water partition coefficient (Wildman–Crippen LogP) is 2.32. The van der Waals surface area contributed by atoms with Gasteiger partial charge in [-0.25, -0.2) is 13.4 Å². The standard InChI is InChI=1S/C19H27N3O3S/c1-13-4-6-15(7-5-13)17-11-20-19(21-17)18-10-16(23)8-9-22(18)12-14(2)26(3,24)25/h4-7,11,14,16,18,23H,8-10,12H2,1-3H3,(H,20,21). The average Bonchev–Trinajstić information content (AvgIpc) is 3.06. The second kappa shape index (κ2) is 7.50. The molecule has 26 heavy (non-hydrogen) atoms. The van der Waals surface area contributed by atoms with E-state index in [0.717, 1.165) is 17.1 Å². The van der Waals surface area contributed by atoms with Crippen LogP contribution in [0.3, 0.4) is 0 Å². The van der Waals surface area contributed by atoms with E-state index in [0.29, 0.717) is 25.9 Å². The number of likely N-dealkylation sites (tertiary alicyclic amines) is 1. The Labute approximate surface area is 155 Å². The summed E-state index contributed by atoms with van der Waals surface area (Å²) in [4.78, 5) is 10.0. The van der Waals surface area contributed by atoms with Crippen molar-refractivity contribution in [3.05, 3.63) is 41.9 Å². The van der Waals surface area contributed by atoms with Crippen molar-refractivity contribution in [1.29, 1.82) is 0 Å². The van der Waals surface area contributed by atoms with E-state index >= 15 is 0 Å². The summed E-state index contributed by atoms with van der Waals surface area (Å²) in [5.74, 6) is 0.778. The molecule has 1 aromatic heterocycles. The van der Waals surface area contributed by atoms with Gasteiger partial charge in [0.2, 0.25) is 0 Å². The average molecular weight is 378 g/mol. The van der Waals surface area contributed by atoms with E-state index in [1.54, 1.807) is 13.1 Å². The molecule has 0 radical (unpaired) electrons. The first kappa shape index (κ1) is 19.1. The number of sulfone groups is 1. The summed E-state index contributed by atoms with van der Waals surface area (Å²) in [6.45, 7) is 4.88. The molecule has 2 heterocycles. The van der Waals surface area contributed by atoms with Crippen molar-refractivity contribution < 1.29 is 13.5 Å². The normalized spacial score (nSPS) is 23.1. The first-order chi connectivity index (χ1) is 12.2. The fourth-order valence-corrected chi connectivity index (χ4v) is 3.81. The van der Waals surface area contributed by atoms with Crippen molar-refractivity contribution in [2.24, 2.45) is 0 Å². The minimum Gasteiger partial charge on any atom is -0.393 e. The quantitative estimate of drug-likeness (QED) is 0.835. The molecule has 7 heteroatoms. The summed E-state index contributed by atoms with van der Waals surface area (Å²) in [7, 11) is -3.10. The van der Waals surface area contributed by atoms with Crippen LogP contribution in [-0.2, 0) is 9.84 Å². The van der Waals surface area contributed by atoms with Crippen molar-refractivity contribution in [3.8, 4) is 11.3 Å². The lowest BCUT2D eigenvalue weighted by Gasteiger charge is -2.37. The molecule has 0 aliphatic carbocycles. The van der Waals surface area contributed by atoms with Crippen LogP contribution in [0.1, 0.15) is 37.2 Å². The zero-order valence-electron chi connectivity index (χ0n) is 15.5. The van der Waals surface area contributed by atoms with Gasteiger partial charge in [-0.15, -0.1) is 0 Å². The number of nitrogens with one attached hydrogen (secondary N) is 1. The number of hydrogen-bond donors (Lipinski definition) is 2. The van der Waals surface area contributed by atoms with Crippen molar-refractivity contribution in [2.45, 2.75) is 44.1 Å². The van der Waals surface area contributed by atoms with Gasteiger partial charge >= 0.3 is 0 Å². The molecule has 3 unspecified atom stereocenters. The molecule has 1 fully saturated rings. The molecule has 1 aliphatic heterocycles. The smallest absolute Gasteiger partial charge is 0.151 e. The lowest BCUT2D eigenvalue weighted by Crippen LogP contribution is -2.44. The highest BCUT2D eigenvalue weighted by Crippen LogP contribution is 2.31.